The molecule has 1 aromatic rings. The van der Waals surface area contributed by atoms with Gasteiger partial charge in [0.15, 0.2) is 5.78 Å². The van der Waals surface area contributed by atoms with Gasteiger partial charge in [-0.25, -0.2) is 0 Å². The molecule has 0 fully saturated rings. The molecule has 0 amide bonds. The highest BCUT2D eigenvalue weighted by Gasteiger charge is 2.11. The van der Waals surface area contributed by atoms with Crippen molar-refractivity contribution in [2.24, 2.45) is 0 Å². The van der Waals surface area contributed by atoms with Gasteiger partial charge < -0.3 is 0 Å². The van der Waals surface area contributed by atoms with Gasteiger partial charge in [0, 0.05) is 12.0 Å². The molecule has 96 valence electrons. The number of benzene rings is 1. The largest absolute Gasteiger partial charge is 0.294 e. The Hall–Kier alpha value is -1.37. The summed E-state index contributed by atoms with van der Waals surface area (Å²) in [5.74, 6) is 0.786. The number of Topliss-reactive ketones (excluding diaryl/α,β-unsaturated/α-hetero) is 1. The second-order valence-electron chi connectivity index (χ2n) is 5.48. The molecule has 1 nitrogen and oxygen atoms in total. The van der Waals surface area contributed by atoms with Crippen LogP contribution in [0.5, 0.6) is 0 Å². The Bertz CT molecular complexity index is 437. The molecule has 1 aromatic carbocycles. The van der Waals surface area contributed by atoms with E-state index in [0.29, 0.717) is 12.3 Å². The minimum Gasteiger partial charge on any atom is -0.294 e. The standard InChI is InChI=1S/C17H22O/c1-13(2)15-8-10-16(11-9-15)17(18)12-14-6-4-3-5-7-14/h6,8-11,13H,3-5,7,12H2,1-2H3. The summed E-state index contributed by atoms with van der Waals surface area (Å²) in [7, 11) is 0. The molecule has 0 aromatic heterocycles. The van der Waals surface area contributed by atoms with Gasteiger partial charge in [-0.2, -0.15) is 0 Å². The second-order valence-corrected chi connectivity index (χ2v) is 5.48. The molecule has 0 saturated heterocycles. The van der Waals surface area contributed by atoms with Gasteiger partial charge in [0.1, 0.15) is 0 Å². The highest BCUT2D eigenvalue weighted by atomic mass is 16.1. The van der Waals surface area contributed by atoms with Crippen LogP contribution in [0.25, 0.3) is 0 Å². The summed E-state index contributed by atoms with van der Waals surface area (Å²) < 4.78 is 0. The molecule has 0 bridgehead atoms. The van der Waals surface area contributed by atoms with Crippen molar-refractivity contribution in [2.45, 2.75) is 51.9 Å². The normalized spacial score (nSPS) is 15.6. The van der Waals surface area contributed by atoms with E-state index in [1.165, 1.54) is 24.0 Å². The van der Waals surface area contributed by atoms with Crippen molar-refractivity contribution in [2.75, 3.05) is 0 Å². The Balaban J connectivity index is 2.02. The first-order valence-electron chi connectivity index (χ1n) is 6.98. The molecule has 0 spiro atoms. The van der Waals surface area contributed by atoms with Crippen LogP contribution in [0.1, 0.15) is 67.8 Å². The highest BCUT2D eigenvalue weighted by Crippen LogP contribution is 2.22. The van der Waals surface area contributed by atoms with Crippen molar-refractivity contribution in [3.63, 3.8) is 0 Å². The molecular formula is C17H22O. The molecule has 1 heteroatoms. The van der Waals surface area contributed by atoms with Crippen molar-refractivity contribution in [1.29, 1.82) is 0 Å². The SMILES string of the molecule is CC(C)c1ccc(C(=O)CC2=CCCCC2)cc1. The lowest BCUT2D eigenvalue weighted by Crippen LogP contribution is -2.03. The van der Waals surface area contributed by atoms with Gasteiger partial charge in [-0.05, 0) is 37.2 Å². The van der Waals surface area contributed by atoms with Crippen molar-refractivity contribution in [3.05, 3.63) is 47.0 Å². The summed E-state index contributed by atoms with van der Waals surface area (Å²) in [6.07, 6.45) is 7.64. The van der Waals surface area contributed by atoms with Crippen LogP contribution in [0, 0.1) is 0 Å². The van der Waals surface area contributed by atoms with Crippen LogP contribution >= 0.6 is 0 Å². The molecule has 0 N–H and O–H groups in total. The number of carbonyl (C=O) groups excluding carboxylic acids is 1. The lowest BCUT2D eigenvalue weighted by atomic mass is 9.93. The Morgan fingerprint density at radius 1 is 1.17 bits per heavy atom. The average molecular weight is 242 g/mol. The molecule has 0 atom stereocenters. The second kappa shape index (κ2) is 5.99. The van der Waals surface area contributed by atoms with Crippen LogP contribution in [0.15, 0.2) is 35.9 Å². The zero-order valence-electron chi connectivity index (χ0n) is 11.4. The fourth-order valence-electron chi connectivity index (χ4n) is 2.43. The number of hydrogen-bond acceptors (Lipinski definition) is 1. The Morgan fingerprint density at radius 2 is 1.89 bits per heavy atom. The molecular weight excluding hydrogens is 220 g/mol. The molecule has 1 aliphatic carbocycles. The number of allylic oxidation sites excluding steroid dienone is 2. The van der Waals surface area contributed by atoms with E-state index in [2.05, 4.69) is 32.1 Å². The lowest BCUT2D eigenvalue weighted by molar-refractivity contribution is 0.0991. The quantitative estimate of drug-likeness (QED) is 0.543. The van der Waals surface area contributed by atoms with E-state index < -0.39 is 0 Å². The number of hydrogen-bond donors (Lipinski definition) is 0. The van der Waals surface area contributed by atoms with E-state index in [-0.39, 0.29) is 5.78 Å². The maximum absolute atomic E-state index is 12.2. The lowest BCUT2D eigenvalue weighted by Gasteiger charge is -2.12. The van der Waals surface area contributed by atoms with E-state index in [1.807, 2.05) is 12.1 Å². The molecule has 0 aliphatic heterocycles. The average Bonchev–Trinajstić information content (AvgIpc) is 2.40. The maximum Gasteiger partial charge on any atom is 0.166 e. The summed E-state index contributed by atoms with van der Waals surface area (Å²) >= 11 is 0. The van der Waals surface area contributed by atoms with Gasteiger partial charge in [0.05, 0.1) is 0 Å². The number of ketones is 1. The minimum atomic E-state index is 0.262. The molecule has 18 heavy (non-hydrogen) atoms. The third kappa shape index (κ3) is 3.32. The van der Waals surface area contributed by atoms with Crippen molar-refractivity contribution in [3.8, 4) is 0 Å². The Morgan fingerprint density at radius 3 is 2.44 bits per heavy atom. The fourth-order valence-corrected chi connectivity index (χ4v) is 2.43. The van der Waals surface area contributed by atoms with Gasteiger partial charge in [0.25, 0.3) is 0 Å². The van der Waals surface area contributed by atoms with Crippen LogP contribution < -0.4 is 0 Å². The molecule has 0 radical (unpaired) electrons. The van der Waals surface area contributed by atoms with Crippen molar-refractivity contribution in [1.82, 2.24) is 0 Å². The van der Waals surface area contributed by atoms with Crippen LogP contribution in [0.3, 0.4) is 0 Å². The smallest absolute Gasteiger partial charge is 0.166 e. The van der Waals surface area contributed by atoms with Gasteiger partial charge in [-0.3, -0.25) is 4.79 Å². The first-order chi connectivity index (χ1) is 8.66. The van der Waals surface area contributed by atoms with E-state index in [1.54, 1.807) is 0 Å². The first-order valence-corrected chi connectivity index (χ1v) is 6.98. The number of carbonyl (C=O) groups is 1. The zero-order chi connectivity index (χ0) is 13.0. The fraction of sp³-hybridized carbons (Fsp3) is 0.471. The van der Waals surface area contributed by atoms with E-state index in [9.17, 15) is 4.79 Å². The molecule has 0 saturated carbocycles. The Kier molecular flexibility index (Phi) is 4.35. The van der Waals surface area contributed by atoms with E-state index >= 15 is 0 Å². The summed E-state index contributed by atoms with van der Waals surface area (Å²) in [6.45, 7) is 4.34. The zero-order valence-corrected chi connectivity index (χ0v) is 11.4. The molecule has 1 aliphatic rings. The van der Waals surface area contributed by atoms with E-state index in [4.69, 9.17) is 0 Å². The van der Waals surface area contributed by atoms with Crippen LogP contribution in [0.2, 0.25) is 0 Å². The summed E-state index contributed by atoms with van der Waals surface area (Å²) in [5.41, 5.74) is 3.48. The Labute approximate surface area is 110 Å². The van der Waals surface area contributed by atoms with Crippen molar-refractivity contribution >= 4 is 5.78 Å². The van der Waals surface area contributed by atoms with Crippen LogP contribution in [-0.2, 0) is 0 Å². The first kappa shape index (κ1) is 13.1. The van der Waals surface area contributed by atoms with Crippen LogP contribution in [-0.4, -0.2) is 5.78 Å². The van der Waals surface area contributed by atoms with Gasteiger partial charge >= 0.3 is 0 Å². The van der Waals surface area contributed by atoms with Crippen LogP contribution in [0.4, 0.5) is 0 Å². The third-order valence-corrected chi connectivity index (χ3v) is 3.67. The van der Waals surface area contributed by atoms with Gasteiger partial charge in [-0.15, -0.1) is 0 Å². The summed E-state index contributed by atoms with van der Waals surface area (Å²) in [6, 6.07) is 8.10. The third-order valence-electron chi connectivity index (χ3n) is 3.67. The van der Waals surface area contributed by atoms with Gasteiger partial charge in [-0.1, -0.05) is 49.8 Å². The predicted octanol–water partition coefficient (Wildman–Crippen LogP) is 4.88. The topological polar surface area (TPSA) is 17.1 Å². The summed E-state index contributed by atoms with van der Waals surface area (Å²) in [4.78, 5) is 12.2. The maximum atomic E-state index is 12.2. The monoisotopic (exact) mass is 242 g/mol. The number of rotatable bonds is 4. The molecule has 0 heterocycles. The summed E-state index contributed by atoms with van der Waals surface area (Å²) in [5, 5.41) is 0. The van der Waals surface area contributed by atoms with Gasteiger partial charge in [0.2, 0.25) is 0 Å². The predicted molar refractivity (Wildman–Crippen MR) is 76.0 cm³/mol. The molecule has 0 unspecified atom stereocenters. The van der Waals surface area contributed by atoms with Crippen molar-refractivity contribution < 1.29 is 4.79 Å². The highest BCUT2D eigenvalue weighted by molar-refractivity contribution is 5.97. The molecule has 2 rings (SSSR count). The van der Waals surface area contributed by atoms with E-state index in [0.717, 1.165) is 18.4 Å². The minimum absolute atomic E-state index is 0.262.